The van der Waals surface area contributed by atoms with Crippen molar-refractivity contribution in [3.63, 3.8) is 0 Å². The standard InChI is InChI=1S/C14H30N4S2/c1-11(2)19-9-13-15-18(7,8)14(10-20-12(3)4)16-17(13,5)6/h11-12H,9-10H2,1-8H3/q+2. The van der Waals surface area contributed by atoms with Gasteiger partial charge in [-0.1, -0.05) is 27.7 Å². The van der Waals surface area contributed by atoms with Gasteiger partial charge in [-0.2, -0.15) is 0 Å². The highest BCUT2D eigenvalue weighted by molar-refractivity contribution is 8.00. The summed E-state index contributed by atoms with van der Waals surface area (Å²) in [6.45, 7) is 8.90. The molecule has 4 nitrogen and oxygen atoms in total. The molecule has 0 saturated heterocycles. The summed E-state index contributed by atoms with van der Waals surface area (Å²) in [5.74, 6) is 4.18. The molecule has 0 amide bonds. The zero-order chi connectivity index (χ0) is 15.6. The lowest BCUT2D eigenvalue weighted by molar-refractivity contribution is -0.866. The Kier molecular flexibility index (Phi) is 6.14. The predicted octanol–water partition coefficient (Wildman–Crippen LogP) is 3.06. The average molecular weight is 319 g/mol. The number of hydrogen-bond acceptors (Lipinski definition) is 4. The van der Waals surface area contributed by atoms with Crippen molar-refractivity contribution in [1.82, 2.24) is 0 Å². The van der Waals surface area contributed by atoms with Gasteiger partial charge in [-0.25, -0.2) is 0 Å². The van der Waals surface area contributed by atoms with Gasteiger partial charge in [0.2, 0.25) is 0 Å². The van der Waals surface area contributed by atoms with E-state index in [0.717, 1.165) is 23.2 Å². The Labute approximate surface area is 132 Å². The van der Waals surface area contributed by atoms with E-state index in [1.54, 1.807) is 0 Å². The summed E-state index contributed by atoms with van der Waals surface area (Å²) in [6.07, 6.45) is 0. The number of hydrogen-bond donors (Lipinski definition) is 0. The molecule has 0 aromatic heterocycles. The van der Waals surface area contributed by atoms with E-state index in [-0.39, 0.29) is 0 Å². The van der Waals surface area contributed by atoms with Crippen LogP contribution in [-0.4, -0.2) is 71.1 Å². The summed E-state index contributed by atoms with van der Waals surface area (Å²) in [7, 11) is 8.50. The number of nitrogens with zero attached hydrogens (tertiary/aromatic N) is 4. The van der Waals surface area contributed by atoms with Crippen molar-refractivity contribution in [3.05, 3.63) is 0 Å². The number of thioether (sulfide) groups is 2. The molecule has 0 spiro atoms. The molecule has 0 aromatic rings. The second kappa shape index (κ2) is 6.81. The van der Waals surface area contributed by atoms with Gasteiger partial charge in [0, 0.05) is 0 Å². The van der Waals surface area contributed by atoms with Gasteiger partial charge in [-0.05, 0) is 20.7 Å². The Morgan fingerprint density at radius 3 is 1.30 bits per heavy atom. The molecule has 0 N–H and O–H groups in total. The van der Waals surface area contributed by atoms with Gasteiger partial charge in [0.1, 0.15) is 0 Å². The van der Waals surface area contributed by atoms with E-state index in [2.05, 4.69) is 55.9 Å². The van der Waals surface area contributed by atoms with Crippen molar-refractivity contribution < 1.29 is 9.18 Å². The van der Waals surface area contributed by atoms with Crippen LogP contribution in [0.1, 0.15) is 27.7 Å². The first-order valence-electron chi connectivity index (χ1n) is 7.15. The highest BCUT2D eigenvalue weighted by Gasteiger charge is 2.40. The summed E-state index contributed by atoms with van der Waals surface area (Å²) in [6, 6.07) is 0. The molecule has 1 rings (SSSR count). The second-order valence-corrected chi connectivity index (χ2v) is 9.67. The van der Waals surface area contributed by atoms with Crippen molar-refractivity contribution in [2.45, 2.75) is 38.2 Å². The maximum Gasteiger partial charge on any atom is 0.289 e. The second-order valence-electron chi connectivity index (χ2n) is 6.54. The summed E-state index contributed by atoms with van der Waals surface area (Å²) >= 11 is 3.86. The highest BCUT2D eigenvalue weighted by atomic mass is 32.2. The highest BCUT2D eigenvalue weighted by Crippen LogP contribution is 2.23. The molecule has 6 heteroatoms. The maximum atomic E-state index is 4.96. The smallest absolute Gasteiger partial charge is 0.148 e. The van der Waals surface area contributed by atoms with Crippen LogP contribution < -0.4 is 0 Å². The fraction of sp³-hybridized carbons (Fsp3) is 0.857. The first-order valence-corrected chi connectivity index (χ1v) is 9.25. The topological polar surface area (TPSA) is 24.7 Å². The lowest BCUT2D eigenvalue weighted by Gasteiger charge is -2.33. The number of rotatable bonds is 6. The van der Waals surface area contributed by atoms with Crippen LogP contribution in [0.4, 0.5) is 0 Å². The fourth-order valence-electron chi connectivity index (χ4n) is 1.77. The molecule has 1 aliphatic heterocycles. The molecule has 0 saturated carbocycles. The van der Waals surface area contributed by atoms with Crippen LogP contribution in [-0.2, 0) is 0 Å². The molecule has 0 aliphatic carbocycles. The molecule has 0 radical (unpaired) electrons. The third-order valence-electron chi connectivity index (χ3n) is 3.09. The first-order chi connectivity index (χ1) is 9.04. The van der Waals surface area contributed by atoms with E-state index in [9.17, 15) is 0 Å². The maximum absolute atomic E-state index is 4.96. The fourth-order valence-corrected chi connectivity index (χ4v) is 3.48. The van der Waals surface area contributed by atoms with Gasteiger partial charge in [0.05, 0.1) is 39.7 Å². The zero-order valence-corrected chi connectivity index (χ0v) is 15.8. The van der Waals surface area contributed by atoms with E-state index < -0.39 is 0 Å². The first kappa shape index (κ1) is 18.0. The van der Waals surface area contributed by atoms with Gasteiger partial charge in [-0.15, -0.1) is 32.7 Å². The Morgan fingerprint density at radius 1 is 0.750 bits per heavy atom. The summed E-state index contributed by atoms with van der Waals surface area (Å²) in [5, 5.41) is 11.2. The van der Waals surface area contributed by atoms with Gasteiger partial charge < -0.3 is 0 Å². The van der Waals surface area contributed by atoms with Crippen LogP contribution in [0.25, 0.3) is 0 Å². The van der Waals surface area contributed by atoms with E-state index in [0.29, 0.717) is 19.7 Å². The molecule has 0 fully saturated rings. The Hall–Kier alpha value is -0.0400. The van der Waals surface area contributed by atoms with Crippen LogP contribution in [0, 0.1) is 0 Å². The normalized spacial score (nSPS) is 21.1. The molecular weight excluding hydrogens is 288 g/mol. The van der Waals surface area contributed by atoms with Crippen molar-refractivity contribution >= 4 is 35.2 Å². The van der Waals surface area contributed by atoms with Gasteiger partial charge >= 0.3 is 0 Å². The largest absolute Gasteiger partial charge is 0.289 e. The van der Waals surface area contributed by atoms with Crippen LogP contribution in [0.15, 0.2) is 10.2 Å². The van der Waals surface area contributed by atoms with Crippen LogP contribution in [0.2, 0.25) is 0 Å². The zero-order valence-electron chi connectivity index (χ0n) is 14.2. The number of amidine groups is 2. The summed E-state index contributed by atoms with van der Waals surface area (Å²) in [5.41, 5.74) is 0. The van der Waals surface area contributed by atoms with Crippen LogP contribution >= 0.6 is 23.5 Å². The number of quaternary nitrogens is 2. The molecule has 20 heavy (non-hydrogen) atoms. The quantitative estimate of drug-likeness (QED) is 0.703. The Morgan fingerprint density at radius 2 is 1.05 bits per heavy atom. The van der Waals surface area contributed by atoms with Crippen molar-refractivity contribution in [1.29, 1.82) is 0 Å². The van der Waals surface area contributed by atoms with E-state index in [1.807, 2.05) is 23.5 Å². The molecule has 1 heterocycles. The van der Waals surface area contributed by atoms with Crippen LogP contribution in [0.5, 0.6) is 0 Å². The molecule has 0 aromatic carbocycles. The summed E-state index contributed by atoms with van der Waals surface area (Å²) < 4.78 is 1.07. The molecular formula is C14H30N4S2+2. The SMILES string of the molecule is CC(C)SCC1=N[N+](C)(C)C(CSC(C)C)=N[N+]1(C)C. The van der Waals surface area contributed by atoms with E-state index in [1.165, 1.54) is 0 Å². The Bertz CT molecular complexity index is 360. The van der Waals surface area contributed by atoms with Crippen molar-refractivity contribution in [3.8, 4) is 0 Å². The predicted molar refractivity (Wildman–Crippen MR) is 94.3 cm³/mol. The molecule has 0 atom stereocenters. The third-order valence-corrected chi connectivity index (χ3v) is 5.27. The minimum Gasteiger partial charge on any atom is -0.148 e. The van der Waals surface area contributed by atoms with Gasteiger partial charge in [-0.3, -0.25) is 0 Å². The minimum atomic E-state index is 0.537. The lowest BCUT2D eigenvalue weighted by Crippen LogP contribution is -2.55. The van der Waals surface area contributed by atoms with Crippen LogP contribution in [0.3, 0.4) is 0 Å². The minimum absolute atomic E-state index is 0.537. The van der Waals surface area contributed by atoms with E-state index in [4.69, 9.17) is 10.2 Å². The lowest BCUT2D eigenvalue weighted by atomic mass is 10.5. The third kappa shape index (κ3) is 5.06. The molecule has 116 valence electrons. The summed E-state index contributed by atoms with van der Waals surface area (Å²) in [4.78, 5) is 0. The van der Waals surface area contributed by atoms with Crippen molar-refractivity contribution in [2.24, 2.45) is 10.2 Å². The molecule has 1 aliphatic rings. The van der Waals surface area contributed by atoms with Gasteiger partial charge in [0.15, 0.2) is 0 Å². The Balaban J connectivity index is 2.89. The van der Waals surface area contributed by atoms with E-state index >= 15 is 0 Å². The average Bonchev–Trinajstić information content (AvgIpc) is 2.27. The molecule has 0 unspecified atom stereocenters. The monoisotopic (exact) mass is 318 g/mol. The van der Waals surface area contributed by atoms with Crippen molar-refractivity contribution in [2.75, 3.05) is 39.7 Å². The van der Waals surface area contributed by atoms with Gasteiger partial charge in [0.25, 0.3) is 11.7 Å². The molecule has 0 bridgehead atoms.